The number of nitrogens with one attached hydrogen (secondary N) is 1. The average Bonchev–Trinajstić information content (AvgIpc) is 2.20. The van der Waals surface area contributed by atoms with E-state index in [1.54, 1.807) is 20.8 Å². The van der Waals surface area contributed by atoms with Crippen molar-refractivity contribution in [2.24, 2.45) is 0 Å². The van der Waals surface area contributed by atoms with Gasteiger partial charge in [0.15, 0.2) is 9.84 Å². The summed E-state index contributed by atoms with van der Waals surface area (Å²) in [6.45, 7) is 6.74. The van der Waals surface area contributed by atoms with E-state index in [2.05, 4.69) is 21.2 Å². The van der Waals surface area contributed by atoms with E-state index in [9.17, 15) is 8.42 Å². The van der Waals surface area contributed by atoms with Gasteiger partial charge in [0.1, 0.15) is 0 Å². The Hall–Kier alpha value is 0.390. The van der Waals surface area contributed by atoms with Gasteiger partial charge in [-0.25, -0.2) is 8.42 Å². The van der Waals surface area contributed by atoms with Crippen molar-refractivity contribution in [1.29, 1.82) is 0 Å². The van der Waals surface area contributed by atoms with Crippen molar-refractivity contribution in [3.63, 3.8) is 0 Å². The van der Waals surface area contributed by atoms with Crippen LogP contribution in [0.5, 0.6) is 0 Å². The number of halogens is 1. The molecule has 1 N–H and O–H groups in total. The van der Waals surface area contributed by atoms with Crippen LogP contribution in [0.15, 0.2) is 0 Å². The van der Waals surface area contributed by atoms with Gasteiger partial charge in [-0.2, -0.15) is 0 Å². The lowest BCUT2D eigenvalue weighted by Crippen LogP contribution is -2.34. The smallest absolute Gasteiger partial charge is 0.156 e. The van der Waals surface area contributed by atoms with Crippen molar-refractivity contribution >= 4 is 25.8 Å². The third-order valence-electron chi connectivity index (χ3n) is 2.72. The van der Waals surface area contributed by atoms with Crippen LogP contribution < -0.4 is 5.32 Å². The van der Waals surface area contributed by atoms with E-state index in [-0.39, 0.29) is 5.75 Å². The Balaban J connectivity index is 3.53. The molecule has 0 aromatic heterocycles. The third kappa shape index (κ3) is 8.16. The molecule has 17 heavy (non-hydrogen) atoms. The maximum absolute atomic E-state index is 11.8. The quantitative estimate of drug-likeness (QED) is 0.523. The fourth-order valence-electron chi connectivity index (χ4n) is 1.34. The molecule has 0 bridgehead atoms. The Labute approximate surface area is 115 Å². The van der Waals surface area contributed by atoms with E-state index in [4.69, 9.17) is 0 Å². The molecule has 0 aromatic rings. The molecule has 0 aliphatic carbocycles. The minimum Gasteiger partial charge on any atom is -0.316 e. The molecule has 0 atom stereocenters. The Kier molecular flexibility index (Phi) is 8.68. The van der Waals surface area contributed by atoms with Crippen molar-refractivity contribution in [2.75, 3.05) is 24.2 Å². The predicted molar refractivity (Wildman–Crippen MR) is 78.7 cm³/mol. The minimum atomic E-state index is -2.97. The maximum Gasteiger partial charge on any atom is 0.156 e. The van der Waals surface area contributed by atoms with Gasteiger partial charge in [-0.3, -0.25) is 0 Å². The lowest BCUT2D eigenvalue weighted by molar-refractivity contribution is 0.553. The summed E-state index contributed by atoms with van der Waals surface area (Å²) in [5.41, 5.74) is 0. The SMILES string of the molecule is CC(C)(C)S(=O)(=O)CCNCCCCCCBr. The second kappa shape index (κ2) is 8.48. The summed E-state index contributed by atoms with van der Waals surface area (Å²) < 4.78 is 22.9. The van der Waals surface area contributed by atoms with Crippen molar-refractivity contribution in [3.05, 3.63) is 0 Å². The number of unbranched alkanes of at least 4 members (excludes halogenated alkanes) is 3. The van der Waals surface area contributed by atoms with Crippen molar-refractivity contribution in [2.45, 2.75) is 51.2 Å². The van der Waals surface area contributed by atoms with Gasteiger partial charge in [0.25, 0.3) is 0 Å². The molecule has 0 aliphatic rings. The first-order chi connectivity index (χ1) is 7.81. The summed E-state index contributed by atoms with van der Waals surface area (Å²) >= 11 is 3.40. The number of rotatable bonds is 9. The molecule has 0 saturated carbocycles. The number of alkyl halides is 1. The second-order valence-corrected chi connectivity index (χ2v) is 8.94. The Morgan fingerprint density at radius 2 is 1.59 bits per heavy atom. The van der Waals surface area contributed by atoms with Crippen molar-refractivity contribution in [1.82, 2.24) is 5.32 Å². The van der Waals surface area contributed by atoms with Gasteiger partial charge in [-0.1, -0.05) is 28.8 Å². The van der Waals surface area contributed by atoms with Crippen LogP contribution in [-0.2, 0) is 9.84 Å². The van der Waals surface area contributed by atoms with Gasteiger partial charge >= 0.3 is 0 Å². The lowest BCUT2D eigenvalue weighted by atomic mass is 10.2. The summed E-state index contributed by atoms with van der Waals surface area (Å²) in [6.07, 6.45) is 4.80. The molecule has 0 aliphatic heterocycles. The second-order valence-electron chi connectivity index (χ2n) is 5.28. The first-order valence-corrected chi connectivity index (χ1v) is 9.07. The van der Waals surface area contributed by atoms with Crippen LogP contribution in [0.2, 0.25) is 0 Å². The molecule has 0 aromatic carbocycles. The van der Waals surface area contributed by atoms with Gasteiger partial charge in [0, 0.05) is 11.9 Å². The molecule has 0 fully saturated rings. The zero-order valence-corrected chi connectivity index (χ0v) is 13.7. The molecule has 0 saturated heterocycles. The van der Waals surface area contributed by atoms with E-state index in [0.29, 0.717) is 6.54 Å². The topological polar surface area (TPSA) is 46.2 Å². The number of hydrogen-bond acceptors (Lipinski definition) is 3. The molecule has 0 radical (unpaired) electrons. The van der Waals surface area contributed by atoms with E-state index in [0.717, 1.165) is 18.3 Å². The van der Waals surface area contributed by atoms with Crippen LogP contribution in [0.25, 0.3) is 0 Å². The number of sulfone groups is 1. The molecule has 0 heterocycles. The van der Waals surface area contributed by atoms with Crippen LogP contribution in [0.1, 0.15) is 46.5 Å². The monoisotopic (exact) mass is 327 g/mol. The molecule has 0 unspecified atom stereocenters. The van der Waals surface area contributed by atoms with Crippen LogP contribution in [0, 0.1) is 0 Å². The van der Waals surface area contributed by atoms with E-state index >= 15 is 0 Å². The van der Waals surface area contributed by atoms with Gasteiger partial charge < -0.3 is 5.32 Å². The molecule has 5 heteroatoms. The molecule has 0 amide bonds. The first kappa shape index (κ1) is 17.4. The summed E-state index contributed by atoms with van der Waals surface area (Å²) in [6, 6.07) is 0. The Bertz CT molecular complexity index is 283. The van der Waals surface area contributed by atoms with Gasteiger partial charge in [-0.15, -0.1) is 0 Å². The standard InChI is InChI=1S/C12H26BrNO2S/c1-12(2,3)17(15,16)11-10-14-9-7-5-4-6-8-13/h14H,4-11H2,1-3H3. The Morgan fingerprint density at radius 3 is 2.12 bits per heavy atom. The van der Waals surface area contributed by atoms with Gasteiger partial charge in [-0.05, 0) is 40.2 Å². The van der Waals surface area contributed by atoms with E-state index < -0.39 is 14.6 Å². The van der Waals surface area contributed by atoms with Gasteiger partial charge in [0.05, 0.1) is 10.5 Å². The van der Waals surface area contributed by atoms with Crippen LogP contribution >= 0.6 is 15.9 Å². The molecular weight excluding hydrogens is 302 g/mol. The Morgan fingerprint density at radius 1 is 1.00 bits per heavy atom. The minimum absolute atomic E-state index is 0.234. The van der Waals surface area contributed by atoms with Gasteiger partial charge in [0.2, 0.25) is 0 Å². The molecule has 104 valence electrons. The highest BCUT2D eigenvalue weighted by Gasteiger charge is 2.27. The van der Waals surface area contributed by atoms with E-state index in [1.165, 1.54) is 19.3 Å². The third-order valence-corrected chi connectivity index (χ3v) is 5.89. The molecule has 0 rings (SSSR count). The fraction of sp³-hybridized carbons (Fsp3) is 1.00. The first-order valence-electron chi connectivity index (χ1n) is 6.30. The average molecular weight is 328 g/mol. The van der Waals surface area contributed by atoms with Crippen LogP contribution in [-0.4, -0.2) is 37.3 Å². The molecule has 0 spiro atoms. The highest BCUT2D eigenvalue weighted by molar-refractivity contribution is 9.09. The highest BCUT2D eigenvalue weighted by atomic mass is 79.9. The van der Waals surface area contributed by atoms with E-state index in [1.807, 2.05) is 0 Å². The normalized spacial score (nSPS) is 12.9. The molecular formula is C12H26BrNO2S. The summed E-state index contributed by atoms with van der Waals surface area (Å²) in [4.78, 5) is 0. The lowest BCUT2D eigenvalue weighted by Gasteiger charge is -2.19. The maximum atomic E-state index is 11.8. The predicted octanol–water partition coefficient (Wildman–Crippen LogP) is 2.74. The van der Waals surface area contributed by atoms with Crippen LogP contribution in [0.3, 0.4) is 0 Å². The zero-order chi connectivity index (χ0) is 13.4. The highest BCUT2D eigenvalue weighted by Crippen LogP contribution is 2.15. The fourth-order valence-corrected chi connectivity index (χ4v) is 2.76. The number of hydrogen-bond donors (Lipinski definition) is 1. The zero-order valence-electron chi connectivity index (χ0n) is 11.3. The summed E-state index contributed by atoms with van der Waals surface area (Å²) in [5.74, 6) is 0.234. The largest absolute Gasteiger partial charge is 0.316 e. The van der Waals surface area contributed by atoms with Crippen molar-refractivity contribution < 1.29 is 8.42 Å². The van der Waals surface area contributed by atoms with Crippen LogP contribution in [0.4, 0.5) is 0 Å². The molecule has 3 nitrogen and oxygen atoms in total. The summed E-state index contributed by atoms with van der Waals surface area (Å²) in [5, 5.41) is 4.27. The van der Waals surface area contributed by atoms with Crippen molar-refractivity contribution in [3.8, 4) is 0 Å². The summed E-state index contributed by atoms with van der Waals surface area (Å²) in [7, 11) is -2.97.